The smallest absolute Gasteiger partial charge is 0.290 e. The molecule has 132 valence electrons. The maximum absolute atomic E-state index is 12.9. The number of nitrogens with zero attached hydrogens (tertiary/aromatic N) is 1. The summed E-state index contributed by atoms with van der Waals surface area (Å²) in [6.07, 6.45) is 1.46. The summed E-state index contributed by atoms with van der Waals surface area (Å²) in [5, 5.41) is 10.4. The summed E-state index contributed by atoms with van der Waals surface area (Å²) >= 11 is 3.41. The number of carbonyl (C=O) groups is 2. The molecule has 1 aliphatic heterocycles. The number of Topliss-reactive ketones (excluding diaryl/α,β-unsaturated/α-hetero) is 1. The molecule has 0 fully saturated rings. The number of fused-ring (bicyclic) bond motifs is 1. The van der Waals surface area contributed by atoms with Gasteiger partial charge in [0.25, 0.3) is 5.91 Å². The monoisotopic (exact) mass is 411 g/mol. The number of halogens is 1. The van der Waals surface area contributed by atoms with E-state index in [9.17, 15) is 14.7 Å². The topological polar surface area (TPSA) is 57.6 Å². The van der Waals surface area contributed by atoms with Crippen molar-refractivity contribution in [3.8, 4) is 0 Å². The number of carbonyl (C=O) groups excluding carboxylic acids is 2. The Labute approximate surface area is 160 Å². The molecule has 0 bridgehead atoms. The summed E-state index contributed by atoms with van der Waals surface area (Å²) < 4.78 is 0.919. The van der Waals surface area contributed by atoms with Gasteiger partial charge >= 0.3 is 0 Å². The predicted molar refractivity (Wildman–Crippen MR) is 102 cm³/mol. The first-order valence-corrected chi connectivity index (χ1v) is 9.35. The van der Waals surface area contributed by atoms with Crippen molar-refractivity contribution in [3.05, 3.63) is 81.0 Å². The molecule has 2 aromatic carbocycles. The number of rotatable bonds is 3. The van der Waals surface area contributed by atoms with Crippen molar-refractivity contribution in [2.45, 2.75) is 31.8 Å². The largest absolute Gasteiger partial charge is 0.503 e. The van der Waals surface area contributed by atoms with E-state index in [-0.39, 0.29) is 17.4 Å². The third-order valence-electron chi connectivity index (χ3n) is 5.23. The van der Waals surface area contributed by atoms with Gasteiger partial charge in [0.2, 0.25) is 0 Å². The molecule has 0 radical (unpaired) electrons. The fourth-order valence-electron chi connectivity index (χ4n) is 4.06. The second-order valence-electron chi connectivity index (χ2n) is 6.82. The molecule has 4 nitrogen and oxygen atoms in total. The average molecular weight is 412 g/mol. The van der Waals surface area contributed by atoms with Gasteiger partial charge in [0.15, 0.2) is 11.5 Å². The average Bonchev–Trinajstić information content (AvgIpc) is 3.15. The van der Waals surface area contributed by atoms with E-state index in [1.165, 1.54) is 18.1 Å². The molecule has 1 atom stereocenters. The Morgan fingerprint density at radius 2 is 1.65 bits per heavy atom. The van der Waals surface area contributed by atoms with Gasteiger partial charge in [-0.25, -0.2) is 0 Å². The molecule has 1 heterocycles. The van der Waals surface area contributed by atoms with Crippen LogP contribution >= 0.6 is 15.9 Å². The molecule has 26 heavy (non-hydrogen) atoms. The molecule has 1 N–H and O–H groups in total. The number of hydrogen-bond acceptors (Lipinski definition) is 3. The van der Waals surface area contributed by atoms with Gasteiger partial charge < -0.3 is 10.0 Å². The van der Waals surface area contributed by atoms with Gasteiger partial charge in [0.1, 0.15) is 0 Å². The van der Waals surface area contributed by atoms with Gasteiger partial charge in [-0.15, -0.1) is 0 Å². The lowest BCUT2D eigenvalue weighted by molar-refractivity contribution is -0.131. The number of aliphatic hydroxyl groups is 1. The molecular weight excluding hydrogens is 394 g/mol. The van der Waals surface area contributed by atoms with Crippen LogP contribution in [0.1, 0.15) is 29.7 Å². The van der Waals surface area contributed by atoms with E-state index in [4.69, 9.17) is 0 Å². The van der Waals surface area contributed by atoms with Crippen LogP contribution in [-0.2, 0) is 22.4 Å². The van der Waals surface area contributed by atoms with Crippen LogP contribution in [0.4, 0.5) is 0 Å². The van der Waals surface area contributed by atoms with Gasteiger partial charge in [-0.1, -0.05) is 52.3 Å². The maximum atomic E-state index is 12.9. The van der Waals surface area contributed by atoms with Crippen molar-refractivity contribution >= 4 is 27.6 Å². The first-order chi connectivity index (χ1) is 12.5. The second-order valence-corrected chi connectivity index (χ2v) is 7.73. The Morgan fingerprint density at radius 1 is 1.08 bits per heavy atom. The summed E-state index contributed by atoms with van der Waals surface area (Å²) in [5.41, 5.74) is 3.45. The molecule has 5 heteroatoms. The Kier molecular flexibility index (Phi) is 4.19. The highest BCUT2D eigenvalue weighted by Gasteiger charge is 2.46. The van der Waals surface area contributed by atoms with Crippen molar-refractivity contribution in [2.24, 2.45) is 0 Å². The van der Waals surface area contributed by atoms with Gasteiger partial charge in [0.05, 0.1) is 11.6 Å². The summed E-state index contributed by atoms with van der Waals surface area (Å²) in [6, 6.07) is 15.1. The van der Waals surface area contributed by atoms with E-state index in [0.29, 0.717) is 0 Å². The third kappa shape index (κ3) is 2.67. The van der Waals surface area contributed by atoms with Crippen LogP contribution in [0.3, 0.4) is 0 Å². The van der Waals surface area contributed by atoms with E-state index < -0.39 is 17.7 Å². The van der Waals surface area contributed by atoms with E-state index in [2.05, 4.69) is 28.1 Å². The molecule has 2 aliphatic rings. The number of hydrogen-bond donors (Lipinski definition) is 1. The molecule has 0 saturated heterocycles. The minimum atomic E-state index is -0.549. The lowest BCUT2D eigenvalue weighted by Gasteiger charge is -2.32. The number of amides is 1. The third-order valence-corrected chi connectivity index (χ3v) is 5.76. The normalized spacial score (nSPS) is 20.0. The Bertz CT molecular complexity index is 908. The zero-order valence-electron chi connectivity index (χ0n) is 14.3. The molecule has 1 unspecified atom stereocenters. The van der Waals surface area contributed by atoms with Crippen molar-refractivity contribution in [3.63, 3.8) is 0 Å². The maximum Gasteiger partial charge on any atom is 0.290 e. The summed E-state index contributed by atoms with van der Waals surface area (Å²) in [6.45, 7) is 1.40. The fourth-order valence-corrected chi connectivity index (χ4v) is 4.33. The van der Waals surface area contributed by atoms with Crippen LogP contribution < -0.4 is 0 Å². The first kappa shape index (κ1) is 17.0. The van der Waals surface area contributed by atoms with Crippen LogP contribution in [0.15, 0.2) is 64.3 Å². The zero-order valence-corrected chi connectivity index (χ0v) is 15.9. The second kappa shape index (κ2) is 6.40. The van der Waals surface area contributed by atoms with Crippen molar-refractivity contribution in [1.82, 2.24) is 4.90 Å². The fraction of sp³-hybridized carbons (Fsp3) is 0.238. The van der Waals surface area contributed by atoms with E-state index >= 15 is 0 Å². The molecule has 0 aromatic heterocycles. The van der Waals surface area contributed by atoms with Crippen LogP contribution in [0.2, 0.25) is 0 Å². The Balaban J connectivity index is 1.77. The standard InChI is InChI=1S/C21H18BrNO3/c1-12(24)18-19(13-6-8-16(22)9-7-13)23(21(26)20(18)25)17-10-14-4-2-3-5-15(14)11-17/h2-9,17,19,25H,10-11H2,1H3. The van der Waals surface area contributed by atoms with E-state index in [1.807, 2.05) is 36.4 Å². The molecule has 4 rings (SSSR count). The molecular formula is C21H18BrNO3. The van der Waals surface area contributed by atoms with Crippen molar-refractivity contribution < 1.29 is 14.7 Å². The molecule has 0 saturated carbocycles. The van der Waals surface area contributed by atoms with Crippen LogP contribution in [-0.4, -0.2) is 27.7 Å². The molecule has 1 amide bonds. The number of ketones is 1. The molecule has 0 spiro atoms. The SMILES string of the molecule is CC(=O)C1=C(O)C(=O)N(C2Cc3ccccc3C2)C1c1ccc(Br)cc1. The van der Waals surface area contributed by atoms with Crippen LogP contribution in [0, 0.1) is 0 Å². The van der Waals surface area contributed by atoms with E-state index in [0.717, 1.165) is 22.9 Å². The summed E-state index contributed by atoms with van der Waals surface area (Å²) in [7, 11) is 0. The van der Waals surface area contributed by atoms with Crippen LogP contribution in [0.25, 0.3) is 0 Å². The highest BCUT2D eigenvalue weighted by molar-refractivity contribution is 9.10. The Hall–Kier alpha value is -2.40. The van der Waals surface area contributed by atoms with Gasteiger partial charge in [-0.2, -0.15) is 0 Å². The van der Waals surface area contributed by atoms with Crippen molar-refractivity contribution in [2.75, 3.05) is 0 Å². The van der Waals surface area contributed by atoms with Gasteiger partial charge in [0, 0.05) is 10.5 Å². The zero-order chi connectivity index (χ0) is 18.4. The summed E-state index contributed by atoms with van der Waals surface area (Å²) in [4.78, 5) is 26.8. The molecule has 1 aliphatic carbocycles. The number of benzene rings is 2. The quantitative estimate of drug-likeness (QED) is 0.832. The lowest BCUT2D eigenvalue weighted by Crippen LogP contribution is -2.40. The minimum Gasteiger partial charge on any atom is -0.503 e. The summed E-state index contributed by atoms with van der Waals surface area (Å²) in [5.74, 6) is -1.15. The lowest BCUT2D eigenvalue weighted by atomic mass is 9.95. The Morgan fingerprint density at radius 3 is 2.19 bits per heavy atom. The number of aliphatic hydroxyl groups excluding tert-OH is 1. The van der Waals surface area contributed by atoms with Crippen molar-refractivity contribution in [1.29, 1.82) is 0 Å². The predicted octanol–water partition coefficient (Wildman–Crippen LogP) is 3.90. The first-order valence-electron chi connectivity index (χ1n) is 8.56. The van der Waals surface area contributed by atoms with E-state index in [1.54, 1.807) is 4.90 Å². The molecule has 2 aromatic rings. The minimum absolute atomic E-state index is 0.0763. The highest BCUT2D eigenvalue weighted by atomic mass is 79.9. The van der Waals surface area contributed by atoms with Crippen LogP contribution in [0.5, 0.6) is 0 Å². The van der Waals surface area contributed by atoms with Gasteiger partial charge in [-0.05, 0) is 48.6 Å². The highest BCUT2D eigenvalue weighted by Crippen LogP contribution is 2.42. The van der Waals surface area contributed by atoms with Gasteiger partial charge in [-0.3, -0.25) is 9.59 Å².